The summed E-state index contributed by atoms with van der Waals surface area (Å²) < 4.78 is 23.5. The van der Waals surface area contributed by atoms with Crippen LogP contribution in [0.1, 0.15) is 8.30 Å². The van der Waals surface area contributed by atoms with E-state index in [1.54, 1.807) is 44.0 Å². The number of ether oxygens (including phenoxy) is 1. The zero-order valence-electron chi connectivity index (χ0n) is 15.7. The maximum absolute atomic E-state index is 8.18. The number of aromatic nitrogens is 5. The third-order valence-corrected chi connectivity index (χ3v) is 3.81. The number of aryl methyl sites for hydroxylation is 1. The van der Waals surface area contributed by atoms with E-state index in [0.29, 0.717) is 22.8 Å². The van der Waals surface area contributed by atoms with Crippen molar-refractivity contribution in [3.8, 4) is 5.75 Å². The molecule has 3 aromatic heterocycles. The summed E-state index contributed by atoms with van der Waals surface area (Å²) in [5.74, 6) is 1.01. The molecule has 0 saturated heterocycles. The van der Waals surface area contributed by atoms with E-state index >= 15 is 0 Å². The van der Waals surface area contributed by atoms with E-state index in [-0.39, 0.29) is 5.28 Å². The minimum atomic E-state index is -2.00. The molecule has 0 atom stereocenters. The Hall–Kier alpha value is -3.19. The first-order chi connectivity index (χ1) is 13.4. The molecule has 8 heteroatoms. The zero-order valence-corrected chi connectivity index (χ0v) is 14.5. The molecule has 0 fully saturated rings. The van der Waals surface area contributed by atoms with Gasteiger partial charge in [-0.25, -0.2) is 15.0 Å². The lowest BCUT2D eigenvalue weighted by molar-refractivity contribution is 0.306. The highest BCUT2D eigenvalue weighted by Crippen LogP contribution is 2.27. The van der Waals surface area contributed by atoms with Crippen LogP contribution in [0.4, 0.5) is 11.5 Å². The molecule has 0 unspecified atom stereocenters. The summed E-state index contributed by atoms with van der Waals surface area (Å²) in [6, 6.07) is 7.10. The second-order valence-electron chi connectivity index (χ2n) is 5.52. The van der Waals surface area contributed by atoms with Crippen LogP contribution < -0.4 is 10.1 Å². The quantitative estimate of drug-likeness (QED) is 0.541. The number of halogens is 1. The minimum Gasteiger partial charge on any atom is -0.489 e. The molecule has 0 aliphatic rings. The van der Waals surface area contributed by atoms with Crippen LogP contribution in [0.5, 0.6) is 5.75 Å². The lowest BCUT2D eigenvalue weighted by atomic mass is 10.1. The van der Waals surface area contributed by atoms with Gasteiger partial charge in [0.1, 0.15) is 18.1 Å². The van der Waals surface area contributed by atoms with Crippen molar-refractivity contribution in [2.75, 3.05) is 5.32 Å². The molecule has 0 spiro atoms. The van der Waals surface area contributed by atoms with Gasteiger partial charge in [-0.05, 0) is 41.3 Å². The van der Waals surface area contributed by atoms with E-state index in [1.165, 1.54) is 10.9 Å². The summed E-state index contributed by atoms with van der Waals surface area (Å²) in [5, 5.41) is 8.99. The van der Waals surface area contributed by atoms with Gasteiger partial charge in [0.15, 0.2) is 0 Å². The van der Waals surface area contributed by atoms with E-state index < -0.39 is 6.56 Å². The first-order valence-electron chi connectivity index (χ1n) is 8.72. The fourth-order valence-corrected chi connectivity index (χ4v) is 2.52. The van der Waals surface area contributed by atoms with E-state index in [2.05, 4.69) is 25.4 Å². The van der Waals surface area contributed by atoms with E-state index in [9.17, 15) is 0 Å². The third-order valence-electron chi connectivity index (χ3n) is 3.61. The van der Waals surface area contributed by atoms with Crippen molar-refractivity contribution >= 4 is 33.9 Å². The Labute approximate surface area is 157 Å². The predicted molar refractivity (Wildman–Crippen MR) is 99.6 cm³/mol. The second-order valence-corrected chi connectivity index (χ2v) is 5.85. The van der Waals surface area contributed by atoms with Gasteiger partial charge >= 0.3 is 0 Å². The lowest BCUT2D eigenvalue weighted by Gasteiger charge is -2.10. The number of rotatable bonds is 5. The molecule has 26 heavy (non-hydrogen) atoms. The summed E-state index contributed by atoms with van der Waals surface area (Å²) in [6.45, 7) is -2.00. The first kappa shape index (κ1) is 14.0. The normalized spacial score (nSPS) is 12.5. The van der Waals surface area contributed by atoms with Crippen LogP contribution in [-0.2, 0) is 13.6 Å². The largest absolute Gasteiger partial charge is 0.489 e. The van der Waals surface area contributed by atoms with Gasteiger partial charge in [-0.3, -0.25) is 4.68 Å². The molecule has 0 radical (unpaired) electrons. The number of hydrogen-bond acceptors (Lipinski definition) is 6. The first-order valence-corrected chi connectivity index (χ1v) is 8.10. The monoisotopic (exact) mass is 368 g/mol. The molecular formula is C18H15ClN6O. The van der Waals surface area contributed by atoms with Crippen LogP contribution in [-0.4, -0.2) is 24.7 Å². The van der Waals surface area contributed by atoms with Gasteiger partial charge in [0.2, 0.25) is 5.28 Å². The van der Waals surface area contributed by atoms with Crippen molar-refractivity contribution in [3.05, 3.63) is 66.1 Å². The number of nitrogens with zero attached hydrogens (tertiary/aromatic N) is 5. The molecular weight excluding hydrogens is 352 g/mol. The number of nitrogens with one attached hydrogen (secondary N) is 1. The van der Waals surface area contributed by atoms with Gasteiger partial charge in [-0.15, -0.1) is 0 Å². The average molecular weight is 369 g/mol. The van der Waals surface area contributed by atoms with Gasteiger partial charge in [0.05, 0.1) is 27.0 Å². The van der Waals surface area contributed by atoms with Crippen LogP contribution in [0.25, 0.3) is 10.8 Å². The maximum atomic E-state index is 8.18. The Balaban J connectivity index is 1.62. The highest BCUT2D eigenvalue weighted by Gasteiger charge is 2.06. The number of fused-ring (bicyclic) bond motifs is 1. The fraction of sp³-hybridized carbons (Fsp3) is 0.111. The molecule has 0 bridgehead atoms. The van der Waals surface area contributed by atoms with Gasteiger partial charge < -0.3 is 10.1 Å². The van der Waals surface area contributed by atoms with E-state index in [0.717, 1.165) is 10.8 Å². The summed E-state index contributed by atoms with van der Waals surface area (Å²) in [6.07, 6.45) is 7.81. The van der Waals surface area contributed by atoms with Gasteiger partial charge in [0, 0.05) is 30.4 Å². The van der Waals surface area contributed by atoms with Crippen molar-refractivity contribution in [2.24, 2.45) is 7.05 Å². The molecule has 0 aliphatic heterocycles. The standard InChI is InChI=1S/C18H15ClN6O/c1-25-10-12(7-23-25)11-26-15-2-3-16-13(6-15)4-5-20-17(16)24-14-8-21-18(19)22-9-14/h2-10H,11H2,1H3,(H,20,24)/i11D2. The third kappa shape index (κ3) is 3.57. The number of pyridine rings is 1. The Morgan fingerprint density at radius 3 is 2.81 bits per heavy atom. The zero-order chi connectivity index (χ0) is 19.7. The molecule has 0 amide bonds. The lowest BCUT2D eigenvalue weighted by Crippen LogP contribution is -1.97. The molecule has 1 N–H and O–H groups in total. The van der Waals surface area contributed by atoms with Crippen LogP contribution >= 0.6 is 11.6 Å². The Kier molecular flexibility index (Phi) is 3.76. The molecule has 0 saturated carbocycles. The number of hydrogen-bond donors (Lipinski definition) is 1. The second kappa shape index (κ2) is 6.97. The summed E-state index contributed by atoms with van der Waals surface area (Å²) in [4.78, 5) is 12.2. The Bertz CT molecular complexity index is 1130. The SMILES string of the molecule is [2H]C([2H])(Oc1ccc2c(Nc3cnc(Cl)nc3)nccc2c1)c1cnn(C)c1. The fourth-order valence-electron chi connectivity index (χ4n) is 2.42. The smallest absolute Gasteiger partial charge is 0.222 e. The summed E-state index contributed by atoms with van der Waals surface area (Å²) >= 11 is 5.71. The van der Waals surface area contributed by atoms with Crippen molar-refractivity contribution in [2.45, 2.75) is 6.56 Å². The molecule has 1 aromatic carbocycles. The molecule has 4 aromatic rings. The Morgan fingerprint density at radius 1 is 1.19 bits per heavy atom. The summed E-state index contributed by atoms with van der Waals surface area (Å²) in [5.41, 5.74) is 0.993. The van der Waals surface area contributed by atoms with Crippen molar-refractivity contribution in [1.29, 1.82) is 0 Å². The average Bonchev–Trinajstić information content (AvgIpc) is 3.11. The Morgan fingerprint density at radius 2 is 2.04 bits per heavy atom. The van der Waals surface area contributed by atoms with Crippen molar-refractivity contribution < 1.29 is 7.48 Å². The predicted octanol–water partition coefficient (Wildman–Crippen LogP) is 3.73. The molecule has 7 nitrogen and oxygen atoms in total. The molecule has 0 aliphatic carbocycles. The number of anilines is 2. The summed E-state index contributed by atoms with van der Waals surface area (Å²) in [7, 11) is 1.73. The van der Waals surface area contributed by atoms with E-state index in [4.69, 9.17) is 19.1 Å². The molecule has 4 rings (SSSR count). The van der Waals surface area contributed by atoms with Crippen molar-refractivity contribution in [1.82, 2.24) is 24.7 Å². The number of benzene rings is 1. The van der Waals surface area contributed by atoms with Gasteiger partial charge in [-0.1, -0.05) is 0 Å². The molecule has 130 valence electrons. The maximum Gasteiger partial charge on any atom is 0.222 e. The highest BCUT2D eigenvalue weighted by molar-refractivity contribution is 6.28. The topological polar surface area (TPSA) is 77.8 Å². The van der Waals surface area contributed by atoms with Crippen LogP contribution in [0.2, 0.25) is 5.28 Å². The van der Waals surface area contributed by atoms with Crippen LogP contribution in [0, 0.1) is 0 Å². The molecule has 3 heterocycles. The van der Waals surface area contributed by atoms with E-state index in [1.807, 2.05) is 12.1 Å². The van der Waals surface area contributed by atoms with Gasteiger partial charge in [-0.2, -0.15) is 5.10 Å². The highest BCUT2D eigenvalue weighted by atomic mass is 35.5. The van der Waals surface area contributed by atoms with Crippen LogP contribution in [0.3, 0.4) is 0 Å². The van der Waals surface area contributed by atoms with Gasteiger partial charge in [0.25, 0.3) is 0 Å². The minimum absolute atomic E-state index is 0.168. The van der Waals surface area contributed by atoms with Crippen LogP contribution in [0.15, 0.2) is 55.2 Å². The van der Waals surface area contributed by atoms with Crippen molar-refractivity contribution in [3.63, 3.8) is 0 Å².